The van der Waals surface area contributed by atoms with Crippen molar-refractivity contribution >= 4 is 73.9 Å². The normalized spacial score (nSPS) is 22.6. The summed E-state index contributed by atoms with van der Waals surface area (Å²) in [6, 6.07) is 23.7. The Morgan fingerprint density at radius 2 is 1.75 bits per heavy atom. The van der Waals surface area contributed by atoms with Gasteiger partial charge in [0.2, 0.25) is 5.91 Å². The van der Waals surface area contributed by atoms with Crippen molar-refractivity contribution in [3.63, 3.8) is 0 Å². The van der Waals surface area contributed by atoms with Gasteiger partial charge < -0.3 is 46.1 Å². The zero-order valence-corrected chi connectivity index (χ0v) is 49.6. The SMILES string of the molecule is C#Cc1cccc2cc(O)cc(-c3ncc4c(N5C[C@H]6CC[C@@H](C5)N6)nc(OC[C@@H]5CCCN5CCCCCNC(=O)c5ccc(NC(=O)C6NC(CC(C)(C)C)C7(CNc8cc(Cl)ccc87)C6c6cccc(Cl)c6F)c(OC)c5)nc4c3F)c12. The second-order valence-electron chi connectivity index (χ2n) is 24.6. The van der Waals surface area contributed by atoms with Crippen LogP contribution in [0.25, 0.3) is 32.9 Å². The fraction of sp³-hybridized carbons (Fsp3) is 0.409. The van der Waals surface area contributed by atoms with E-state index < -0.39 is 29.0 Å². The Labute approximate surface area is 504 Å². The van der Waals surface area contributed by atoms with Gasteiger partial charge in [-0.05, 0) is 135 Å². The molecule has 0 radical (unpaired) electrons. The summed E-state index contributed by atoms with van der Waals surface area (Å²) in [5.74, 6) is 0.976. The number of halogens is 4. The quantitative estimate of drug-likeness (QED) is 0.0375. The predicted octanol–water partition coefficient (Wildman–Crippen LogP) is 11.4. The number of nitrogens with zero attached hydrogens (tertiary/aromatic N) is 5. The van der Waals surface area contributed by atoms with Crippen LogP contribution in [0.4, 0.5) is 26.0 Å². The van der Waals surface area contributed by atoms with Crippen molar-refractivity contribution in [2.45, 2.75) is 114 Å². The van der Waals surface area contributed by atoms with Gasteiger partial charge in [-0.3, -0.25) is 19.5 Å². The first-order valence-corrected chi connectivity index (χ1v) is 30.2. The molecule has 4 unspecified atom stereocenters. The van der Waals surface area contributed by atoms with E-state index in [0.29, 0.717) is 112 Å². The lowest BCUT2D eigenvalue weighted by atomic mass is 9.63. The monoisotopic (exact) mass is 1190 g/mol. The van der Waals surface area contributed by atoms with E-state index in [1.54, 1.807) is 54.7 Å². The fourth-order valence-corrected chi connectivity index (χ4v) is 14.4. The number of carbonyl (C=O) groups is 2. The number of unbranched alkanes of at least 4 members (excludes halogenated alkanes) is 2. The summed E-state index contributed by atoms with van der Waals surface area (Å²) in [5.41, 5.74) is 2.97. The van der Waals surface area contributed by atoms with Crippen molar-refractivity contribution in [1.82, 2.24) is 35.8 Å². The van der Waals surface area contributed by atoms with Gasteiger partial charge in [-0.25, -0.2) is 8.78 Å². The number of amides is 2. The number of fused-ring (bicyclic) bond motifs is 6. The molecule has 2 aromatic heterocycles. The second-order valence-corrected chi connectivity index (χ2v) is 25.5. The summed E-state index contributed by atoms with van der Waals surface area (Å²) in [6.07, 6.45) is 14.8. The van der Waals surface area contributed by atoms with E-state index in [9.17, 15) is 14.7 Å². The van der Waals surface area contributed by atoms with Crippen LogP contribution in [0.1, 0.15) is 105 Å². The number of hydrogen-bond acceptors (Lipinski definition) is 13. The fourth-order valence-electron chi connectivity index (χ4n) is 14.1. The number of piperazine rings is 1. The molecule has 85 heavy (non-hydrogen) atoms. The van der Waals surface area contributed by atoms with Crippen LogP contribution >= 0.6 is 23.2 Å². The Morgan fingerprint density at radius 1 is 0.941 bits per heavy atom. The topological polar surface area (TPSA) is 178 Å². The molecule has 12 rings (SSSR count). The van der Waals surface area contributed by atoms with Crippen LogP contribution < -0.4 is 41.0 Å². The van der Waals surface area contributed by atoms with Crippen molar-refractivity contribution in [3.8, 4) is 41.1 Å². The van der Waals surface area contributed by atoms with Gasteiger partial charge in [0.05, 0.1) is 29.2 Å². The second kappa shape index (κ2) is 23.9. The summed E-state index contributed by atoms with van der Waals surface area (Å²) in [4.78, 5) is 47.4. The first-order valence-electron chi connectivity index (χ1n) is 29.5. The number of carbonyl (C=O) groups excluding carboxylic acids is 2. The minimum atomic E-state index is -0.900. The Hall–Kier alpha value is -7.33. The number of phenols is 1. The number of aromatic hydroxyl groups is 1. The predicted molar refractivity (Wildman–Crippen MR) is 330 cm³/mol. The zero-order chi connectivity index (χ0) is 59.3. The number of anilines is 3. The highest BCUT2D eigenvalue weighted by Crippen LogP contribution is 2.57. The molecule has 4 saturated heterocycles. The zero-order valence-electron chi connectivity index (χ0n) is 48.1. The molecular weight excluding hydrogens is 1120 g/mol. The lowest BCUT2D eigenvalue weighted by Gasteiger charge is -2.39. The average molecular weight is 1190 g/mol. The van der Waals surface area contributed by atoms with E-state index in [-0.39, 0.29) is 57.3 Å². The van der Waals surface area contributed by atoms with Gasteiger partial charge in [0.15, 0.2) is 5.82 Å². The summed E-state index contributed by atoms with van der Waals surface area (Å²) in [7, 11) is 1.49. The van der Waals surface area contributed by atoms with E-state index >= 15 is 8.78 Å². The van der Waals surface area contributed by atoms with Gasteiger partial charge in [-0.1, -0.05) is 86.6 Å². The average Bonchev–Trinajstić information content (AvgIpc) is 1.65. The van der Waals surface area contributed by atoms with Gasteiger partial charge >= 0.3 is 6.01 Å². The van der Waals surface area contributed by atoms with Crippen LogP contribution in [0.5, 0.6) is 17.5 Å². The van der Waals surface area contributed by atoms with E-state index in [1.807, 2.05) is 24.3 Å². The molecule has 5 aliphatic rings. The van der Waals surface area contributed by atoms with Crippen molar-refractivity contribution in [3.05, 3.63) is 135 Å². The molecule has 2 amide bonds. The van der Waals surface area contributed by atoms with E-state index in [2.05, 4.69) is 68.1 Å². The minimum absolute atomic E-state index is 0.0212. The molecule has 5 aliphatic heterocycles. The number of terminal acetylenes is 1. The first kappa shape index (κ1) is 58.1. The standard InChI is InChI=1S/C66H70Cl2F2N10O5/c1-6-37-13-10-14-38-27-44(81)30-46(54(37)38)58-57(70)59-47(32-72-58)61(80-33-41-20-21-42(34-80)74-41)78-64(77-59)85-35-43-15-12-26-79(43)25-9-7-8-24-71-62(82)39-18-23-50(52(28-39)84-5)75-63(83)60-55(45-16-11-17-49(68)56(45)69)66(53(76-60)31-65(2,3)4)36-73-51-29-40(67)19-22-48(51)66/h1,10-11,13-14,16-19,22-23,27-30,32,41-43,53,55,60,73-74,76,81H,7-9,12,15,20-21,24-26,31,33-36H2,2-5H3,(H,71,82)(H,75,83)/t41-,42+,43-,53?,55?,60?,66?/m0/s1. The highest BCUT2D eigenvalue weighted by atomic mass is 35.5. The summed E-state index contributed by atoms with van der Waals surface area (Å²) in [6.45, 7) is 10.8. The third-order valence-electron chi connectivity index (χ3n) is 17.9. The molecular formula is C66H70Cl2F2N10O5. The maximum Gasteiger partial charge on any atom is 0.319 e. The van der Waals surface area contributed by atoms with Crippen LogP contribution in [-0.2, 0) is 10.2 Å². The van der Waals surface area contributed by atoms with Crippen LogP contribution in [0.3, 0.4) is 0 Å². The number of nitrogens with one attached hydrogen (secondary N) is 5. The van der Waals surface area contributed by atoms with Crippen LogP contribution in [0.15, 0.2) is 91.1 Å². The van der Waals surface area contributed by atoms with Gasteiger partial charge in [0, 0.05) is 101 Å². The van der Waals surface area contributed by atoms with Gasteiger partial charge in [0.25, 0.3) is 5.91 Å². The van der Waals surface area contributed by atoms with Crippen molar-refractivity contribution in [2.75, 3.05) is 68.5 Å². The molecule has 1 spiro atoms. The molecule has 7 heterocycles. The Morgan fingerprint density at radius 3 is 2.54 bits per heavy atom. The van der Waals surface area contributed by atoms with Gasteiger partial charge in [-0.2, -0.15) is 9.97 Å². The van der Waals surface area contributed by atoms with E-state index in [0.717, 1.165) is 69.3 Å². The molecule has 2 bridgehead atoms. The largest absolute Gasteiger partial charge is 0.508 e. The molecule has 5 aromatic carbocycles. The molecule has 7 atom stereocenters. The number of ether oxygens (including phenoxy) is 2. The van der Waals surface area contributed by atoms with Gasteiger partial charge in [0.1, 0.15) is 41.0 Å². The lowest BCUT2D eigenvalue weighted by Crippen LogP contribution is -2.51. The number of hydrogen-bond donors (Lipinski definition) is 6. The number of benzene rings is 5. The maximum atomic E-state index is 17.2. The van der Waals surface area contributed by atoms with Crippen LogP contribution in [0, 0.1) is 29.4 Å². The lowest BCUT2D eigenvalue weighted by molar-refractivity contribution is -0.118. The van der Waals surface area contributed by atoms with Crippen LogP contribution in [0.2, 0.25) is 10.0 Å². The number of pyridine rings is 1. The van der Waals surface area contributed by atoms with Crippen molar-refractivity contribution in [1.29, 1.82) is 0 Å². The molecule has 7 aromatic rings. The van der Waals surface area contributed by atoms with E-state index in [1.165, 1.54) is 19.2 Å². The smallest absolute Gasteiger partial charge is 0.319 e. The highest BCUT2D eigenvalue weighted by Gasteiger charge is 2.61. The molecule has 6 N–H and O–H groups in total. The highest BCUT2D eigenvalue weighted by molar-refractivity contribution is 6.31. The number of methoxy groups -OCH3 is 1. The molecule has 0 aliphatic carbocycles. The number of rotatable bonds is 17. The molecule has 15 nitrogen and oxygen atoms in total. The summed E-state index contributed by atoms with van der Waals surface area (Å²) >= 11 is 13.0. The Kier molecular flexibility index (Phi) is 16.3. The Balaban J connectivity index is 0.681. The van der Waals surface area contributed by atoms with Crippen molar-refractivity contribution in [2.24, 2.45) is 5.41 Å². The van der Waals surface area contributed by atoms with E-state index in [4.69, 9.17) is 49.1 Å². The Bertz CT molecular complexity index is 3770. The number of likely N-dealkylation sites (tertiary alicyclic amines) is 1. The molecule has 19 heteroatoms. The summed E-state index contributed by atoms with van der Waals surface area (Å²) in [5, 5.41) is 30.1. The third kappa shape index (κ3) is 11.4. The van der Waals surface area contributed by atoms with Crippen LogP contribution in [-0.4, -0.2) is 120 Å². The molecule has 442 valence electrons. The third-order valence-corrected chi connectivity index (χ3v) is 18.5. The number of aromatic nitrogens is 3. The molecule has 4 fully saturated rings. The minimum Gasteiger partial charge on any atom is -0.508 e. The summed E-state index contributed by atoms with van der Waals surface area (Å²) < 4.78 is 45.8. The first-order chi connectivity index (χ1) is 41.0. The number of phenolic OH excluding ortho intramolecular Hbond substituents is 1. The maximum absolute atomic E-state index is 17.2. The van der Waals surface area contributed by atoms with Crippen molar-refractivity contribution < 1.29 is 33.0 Å². The van der Waals surface area contributed by atoms with Gasteiger partial charge in [-0.15, -0.1) is 6.42 Å². The molecule has 0 saturated carbocycles.